The average molecular weight is 230 g/mol. The van der Waals surface area contributed by atoms with Gasteiger partial charge in [0, 0.05) is 12.4 Å². The van der Waals surface area contributed by atoms with E-state index in [9.17, 15) is 0 Å². The van der Waals surface area contributed by atoms with E-state index in [4.69, 9.17) is 16.9 Å². The highest BCUT2D eigenvalue weighted by Gasteiger charge is 2.09. The van der Waals surface area contributed by atoms with E-state index in [0.29, 0.717) is 0 Å². The Bertz CT molecular complexity index is 544. The number of hydrogen-bond acceptors (Lipinski definition) is 6. The molecule has 0 bridgehead atoms. The topological polar surface area (TPSA) is 91.7 Å². The van der Waals surface area contributed by atoms with Crippen LogP contribution in [0.15, 0.2) is 18.5 Å². The van der Waals surface area contributed by atoms with E-state index in [1.165, 1.54) is 4.68 Å². The Morgan fingerprint density at radius 3 is 2.94 bits per heavy atom. The fourth-order valence-corrected chi connectivity index (χ4v) is 1.10. The zero-order valence-electron chi connectivity index (χ0n) is 9.11. The van der Waals surface area contributed by atoms with Gasteiger partial charge in [0.1, 0.15) is 0 Å². The van der Waals surface area contributed by atoms with Crippen molar-refractivity contribution in [2.24, 2.45) is 0 Å². The first-order valence-electron chi connectivity index (χ1n) is 4.83. The molecule has 0 saturated carbocycles. The van der Waals surface area contributed by atoms with E-state index in [0.717, 1.165) is 0 Å². The lowest BCUT2D eigenvalue weighted by Crippen LogP contribution is -2.14. The maximum atomic E-state index is 5.55. The summed E-state index contributed by atoms with van der Waals surface area (Å²) >= 11 is 0. The van der Waals surface area contributed by atoms with E-state index >= 15 is 0 Å². The molecule has 0 spiro atoms. The maximum Gasteiger partial charge on any atom is 0.324 e. The van der Waals surface area contributed by atoms with E-state index < -0.39 is 6.10 Å². The SMILES string of the molecule is C#CC(C)Oc1nc(N)nc(-n2cccn2)n1. The summed E-state index contributed by atoms with van der Waals surface area (Å²) < 4.78 is 6.71. The lowest BCUT2D eigenvalue weighted by Gasteiger charge is -2.08. The second kappa shape index (κ2) is 4.49. The summed E-state index contributed by atoms with van der Waals surface area (Å²) in [5.41, 5.74) is 5.55. The van der Waals surface area contributed by atoms with Crippen molar-refractivity contribution in [3.05, 3.63) is 18.5 Å². The predicted molar refractivity (Wildman–Crippen MR) is 60.3 cm³/mol. The molecule has 0 aromatic carbocycles. The Kier molecular flexibility index (Phi) is 2.87. The Hall–Kier alpha value is -2.62. The summed E-state index contributed by atoms with van der Waals surface area (Å²) in [6.07, 6.45) is 8.04. The quantitative estimate of drug-likeness (QED) is 0.748. The van der Waals surface area contributed by atoms with E-state index in [1.807, 2.05) is 0 Å². The van der Waals surface area contributed by atoms with E-state index in [2.05, 4.69) is 26.0 Å². The zero-order valence-corrected chi connectivity index (χ0v) is 9.11. The first kappa shape index (κ1) is 10.9. The first-order valence-corrected chi connectivity index (χ1v) is 4.83. The van der Waals surface area contributed by atoms with Gasteiger partial charge in [-0.05, 0) is 13.0 Å². The van der Waals surface area contributed by atoms with Crippen LogP contribution in [0.3, 0.4) is 0 Å². The van der Waals surface area contributed by atoms with Gasteiger partial charge in [-0.15, -0.1) is 6.42 Å². The van der Waals surface area contributed by atoms with Crippen LogP contribution in [0.1, 0.15) is 6.92 Å². The van der Waals surface area contributed by atoms with Gasteiger partial charge in [-0.3, -0.25) is 0 Å². The van der Waals surface area contributed by atoms with Crippen LogP contribution in [0, 0.1) is 12.3 Å². The monoisotopic (exact) mass is 230 g/mol. The minimum atomic E-state index is -0.442. The number of aromatic nitrogens is 5. The molecule has 2 rings (SSSR count). The van der Waals surface area contributed by atoms with Crippen LogP contribution in [0.25, 0.3) is 5.95 Å². The number of nitrogens with two attached hydrogens (primary N) is 1. The molecule has 2 heterocycles. The number of ether oxygens (including phenoxy) is 1. The number of anilines is 1. The van der Waals surface area contributed by atoms with Gasteiger partial charge in [0.2, 0.25) is 5.95 Å². The molecule has 0 saturated heterocycles. The third-order valence-corrected chi connectivity index (χ3v) is 1.85. The highest BCUT2D eigenvalue weighted by Crippen LogP contribution is 2.09. The maximum absolute atomic E-state index is 5.55. The molecule has 0 amide bonds. The summed E-state index contributed by atoms with van der Waals surface area (Å²) in [4.78, 5) is 11.8. The van der Waals surface area contributed by atoms with Gasteiger partial charge in [0.05, 0.1) is 0 Å². The molecule has 7 heteroatoms. The Balaban J connectivity index is 2.34. The largest absolute Gasteiger partial charge is 0.447 e. The van der Waals surface area contributed by atoms with E-state index in [-0.39, 0.29) is 17.9 Å². The van der Waals surface area contributed by atoms with Crippen LogP contribution >= 0.6 is 0 Å². The lowest BCUT2D eigenvalue weighted by molar-refractivity contribution is 0.255. The molecule has 1 atom stereocenters. The Labute approximate surface area is 97.7 Å². The fraction of sp³-hybridized carbons (Fsp3) is 0.200. The molecule has 2 N–H and O–H groups in total. The number of hydrogen-bond donors (Lipinski definition) is 1. The second-order valence-electron chi connectivity index (χ2n) is 3.15. The number of rotatable bonds is 3. The van der Waals surface area contributed by atoms with Crippen LogP contribution in [0.4, 0.5) is 5.95 Å². The molecule has 86 valence electrons. The van der Waals surface area contributed by atoms with Crippen molar-refractivity contribution in [1.82, 2.24) is 24.7 Å². The number of nitrogens with zero attached hydrogens (tertiary/aromatic N) is 5. The summed E-state index contributed by atoms with van der Waals surface area (Å²) in [6.45, 7) is 1.70. The molecule has 0 aliphatic heterocycles. The lowest BCUT2D eigenvalue weighted by atomic mass is 10.4. The smallest absolute Gasteiger partial charge is 0.324 e. The van der Waals surface area contributed by atoms with Crippen molar-refractivity contribution in [1.29, 1.82) is 0 Å². The van der Waals surface area contributed by atoms with Gasteiger partial charge >= 0.3 is 6.01 Å². The second-order valence-corrected chi connectivity index (χ2v) is 3.15. The minimum absolute atomic E-state index is 0.0460. The highest BCUT2D eigenvalue weighted by atomic mass is 16.5. The van der Waals surface area contributed by atoms with Crippen molar-refractivity contribution in [2.45, 2.75) is 13.0 Å². The minimum Gasteiger partial charge on any atom is -0.447 e. The molecule has 0 radical (unpaired) electrons. The molecule has 2 aromatic heterocycles. The van der Waals surface area contributed by atoms with Crippen molar-refractivity contribution in [2.75, 3.05) is 5.73 Å². The van der Waals surface area contributed by atoms with Crippen molar-refractivity contribution < 1.29 is 4.74 Å². The van der Waals surface area contributed by atoms with Gasteiger partial charge in [0.15, 0.2) is 6.10 Å². The molecular weight excluding hydrogens is 220 g/mol. The molecular formula is C10H10N6O. The standard InChI is InChI=1S/C10H10N6O/c1-3-7(2)17-10-14-8(11)13-9(15-10)16-6-4-5-12-16/h1,4-7H,2H3,(H2,11,13,14,15). The van der Waals surface area contributed by atoms with Gasteiger partial charge in [-0.1, -0.05) is 5.92 Å². The average Bonchev–Trinajstić information content (AvgIpc) is 2.81. The molecule has 7 nitrogen and oxygen atoms in total. The zero-order chi connectivity index (χ0) is 12.3. The van der Waals surface area contributed by atoms with Crippen molar-refractivity contribution >= 4 is 5.95 Å². The Morgan fingerprint density at radius 2 is 2.29 bits per heavy atom. The van der Waals surface area contributed by atoms with Crippen LogP contribution in [-0.2, 0) is 0 Å². The summed E-state index contributed by atoms with van der Waals surface area (Å²) in [7, 11) is 0. The van der Waals surface area contributed by atoms with Crippen LogP contribution in [0.2, 0.25) is 0 Å². The van der Waals surface area contributed by atoms with Crippen LogP contribution in [-0.4, -0.2) is 30.8 Å². The van der Waals surface area contributed by atoms with Gasteiger partial charge in [-0.25, -0.2) is 4.68 Å². The third kappa shape index (κ3) is 2.49. The predicted octanol–water partition coefficient (Wildman–Crippen LogP) is 0.0400. The third-order valence-electron chi connectivity index (χ3n) is 1.85. The van der Waals surface area contributed by atoms with Crippen molar-refractivity contribution in [3.63, 3.8) is 0 Å². The molecule has 0 aliphatic rings. The number of terminal acetylenes is 1. The summed E-state index contributed by atoms with van der Waals surface area (Å²) in [5.74, 6) is 2.73. The van der Waals surface area contributed by atoms with Gasteiger partial charge in [-0.2, -0.15) is 20.1 Å². The summed E-state index contributed by atoms with van der Waals surface area (Å²) in [6, 6.07) is 1.82. The van der Waals surface area contributed by atoms with E-state index in [1.54, 1.807) is 25.4 Å². The normalized spacial score (nSPS) is 11.8. The van der Waals surface area contributed by atoms with Crippen LogP contribution in [0.5, 0.6) is 6.01 Å². The molecule has 0 aliphatic carbocycles. The highest BCUT2D eigenvalue weighted by molar-refractivity contribution is 5.24. The first-order chi connectivity index (χ1) is 8.19. The Morgan fingerprint density at radius 1 is 1.47 bits per heavy atom. The van der Waals surface area contributed by atoms with Crippen LogP contribution < -0.4 is 10.5 Å². The number of nitrogen functional groups attached to an aromatic ring is 1. The molecule has 2 aromatic rings. The fourth-order valence-electron chi connectivity index (χ4n) is 1.10. The molecule has 0 fully saturated rings. The molecule has 17 heavy (non-hydrogen) atoms. The van der Waals surface area contributed by atoms with Crippen molar-refractivity contribution in [3.8, 4) is 24.3 Å². The summed E-state index contributed by atoms with van der Waals surface area (Å²) in [5, 5.41) is 3.98. The van der Waals surface area contributed by atoms with Gasteiger partial charge < -0.3 is 10.5 Å². The van der Waals surface area contributed by atoms with Gasteiger partial charge in [0.25, 0.3) is 5.95 Å². The molecule has 1 unspecified atom stereocenters.